The van der Waals surface area contributed by atoms with Crippen LogP contribution >= 0.6 is 0 Å². The van der Waals surface area contributed by atoms with Gasteiger partial charge in [0.25, 0.3) is 0 Å². The number of nitrogens with two attached hydrogens (primary N) is 1. The van der Waals surface area contributed by atoms with Gasteiger partial charge in [-0.05, 0) is 50.1 Å². The van der Waals surface area contributed by atoms with Crippen molar-refractivity contribution in [1.29, 1.82) is 0 Å². The summed E-state index contributed by atoms with van der Waals surface area (Å²) in [5.74, 6) is 1.94. The molecule has 0 radical (unpaired) electrons. The zero-order chi connectivity index (χ0) is 13.8. The van der Waals surface area contributed by atoms with E-state index in [1.54, 1.807) is 7.11 Å². The van der Waals surface area contributed by atoms with Crippen molar-refractivity contribution in [3.63, 3.8) is 0 Å². The number of aromatic amines is 1. The standard InChI is InChI=1S/C15H21N3O/c1-10-7-12(8-11(2)15(10)19-3)13-9-17-14(18-13)5-4-6-16/h7-9H,4-6,16H2,1-3H3,(H,17,18). The van der Waals surface area contributed by atoms with Gasteiger partial charge in [0, 0.05) is 12.0 Å². The van der Waals surface area contributed by atoms with E-state index in [1.807, 2.05) is 6.20 Å². The van der Waals surface area contributed by atoms with Crippen LogP contribution in [0, 0.1) is 13.8 Å². The minimum Gasteiger partial charge on any atom is -0.496 e. The molecule has 1 aromatic carbocycles. The van der Waals surface area contributed by atoms with Gasteiger partial charge < -0.3 is 15.5 Å². The Balaban J connectivity index is 2.29. The Morgan fingerprint density at radius 3 is 2.53 bits per heavy atom. The van der Waals surface area contributed by atoms with Crippen molar-refractivity contribution >= 4 is 0 Å². The van der Waals surface area contributed by atoms with Crippen LogP contribution in [0.1, 0.15) is 23.4 Å². The molecule has 0 amide bonds. The molecule has 19 heavy (non-hydrogen) atoms. The monoisotopic (exact) mass is 259 g/mol. The van der Waals surface area contributed by atoms with Gasteiger partial charge in [-0.1, -0.05) is 0 Å². The Bertz CT molecular complexity index is 537. The van der Waals surface area contributed by atoms with E-state index in [4.69, 9.17) is 10.5 Å². The molecule has 0 saturated carbocycles. The SMILES string of the molecule is COc1c(C)cc(-c2cnc(CCCN)[nH]2)cc1C. The second-order valence-electron chi connectivity index (χ2n) is 4.78. The number of benzene rings is 1. The van der Waals surface area contributed by atoms with Gasteiger partial charge in [0.2, 0.25) is 0 Å². The van der Waals surface area contributed by atoms with E-state index in [0.717, 1.165) is 46.8 Å². The number of ether oxygens (including phenoxy) is 1. The Labute approximate surface area is 114 Å². The van der Waals surface area contributed by atoms with Crippen LogP contribution in [0.15, 0.2) is 18.3 Å². The number of nitrogens with one attached hydrogen (secondary N) is 1. The molecule has 0 atom stereocenters. The first kappa shape index (κ1) is 13.6. The summed E-state index contributed by atoms with van der Waals surface area (Å²) in [6.07, 6.45) is 3.73. The maximum absolute atomic E-state index is 5.51. The highest BCUT2D eigenvalue weighted by Gasteiger charge is 2.08. The third-order valence-corrected chi connectivity index (χ3v) is 3.22. The Morgan fingerprint density at radius 2 is 1.95 bits per heavy atom. The third-order valence-electron chi connectivity index (χ3n) is 3.22. The first-order chi connectivity index (χ1) is 9.15. The highest BCUT2D eigenvalue weighted by atomic mass is 16.5. The van der Waals surface area contributed by atoms with Gasteiger partial charge in [-0.3, -0.25) is 0 Å². The summed E-state index contributed by atoms with van der Waals surface area (Å²) in [6, 6.07) is 4.23. The quantitative estimate of drug-likeness (QED) is 0.867. The molecule has 0 aliphatic rings. The van der Waals surface area contributed by atoms with Crippen LogP contribution in [-0.2, 0) is 6.42 Å². The lowest BCUT2D eigenvalue weighted by Crippen LogP contribution is -2.01. The number of aryl methyl sites for hydroxylation is 3. The fraction of sp³-hybridized carbons (Fsp3) is 0.400. The lowest BCUT2D eigenvalue weighted by molar-refractivity contribution is 0.408. The van der Waals surface area contributed by atoms with Crippen molar-refractivity contribution in [3.8, 4) is 17.0 Å². The molecule has 0 aliphatic carbocycles. The van der Waals surface area contributed by atoms with E-state index < -0.39 is 0 Å². The van der Waals surface area contributed by atoms with Crippen molar-refractivity contribution in [2.45, 2.75) is 26.7 Å². The van der Waals surface area contributed by atoms with Gasteiger partial charge in [-0.25, -0.2) is 4.98 Å². The van der Waals surface area contributed by atoms with Gasteiger partial charge in [-0.2, -0.15) is 0 Å². The molecule has 4 nitrogen and oxygen atoms in total. The van der Waals surface area contributed by atoms with Crippen molar-refractivity contribution < 1.29 is 4.74 Å². The zero-order valence-corrected chi connectivity index (χ0v) is 11.8. The minimum absolute atomic E-state index is 0.691. The molecule has 0 spiro atoms. The molecule has 4 heteroatoms. The second kappa shape index (κ2) is 5.89. The molecule has 3 N–H and O–H groups in total. The van der Waals surface area contributed by atoms with Crippen molar-refractivity contribution in [1.82, 2.24) is 9.97 Å². The van der Waals surface area contributed by atoms with E-state index in [9.17, 15) is 0 Å². The largest absolute Gasteiger partial charge is 0.496 e. The van der Waals surface area contributed by atoms with Crippen LogP contribution in [0.4, 0.5) is 0 Å². The normalized spacial score (nSPS) is 10.7. The number of H-pyrrole nitrogens is 1. The van der Waals surface area contributed by atoms with Crippen molar-refractivity contribution in [3.05, 3.63) is 35.3 Å². The number of aromatic nitrogens is 2. The fourth-order valence-corrected chi connectivity index (χ4v) is 2.33. The summed E-state index contributed by atoms with van der Waals surface area (Å²) in [4.78, 5) is 7.74. The van der Waals surface area contributed by atoms with E-state index in [1.165, 1.54) is 0 Å². The first-order valence-corrected chi connectivity index (χ1v) is 6.55. The summed E-state index contributed by atoms with van der Waals surface area (Å²) in [7, 11) is 1.70. The van der Waals surface area contributed by atoms with Crippen LogP contribution < -0.4 is 10.5 Å². The molecule has 0 fully saturated rings. The molecular formula is C15H21N3O. The van der Waals surface area contributed by atoms with Crippen molar-refractivity contribution in [2.75, 3.05) is 13.7 Å². The van der Waals surface area contributed by atoms with Crippen molar-refractivity contribution in [2.24, 2.45) is 5.73 Å². The number of hydrogen-bond donors (Lipinski definition) is 2. The van der Waals surface area contributed by atoms with Crippen LogP contribution in [0.3, 0.4) is 0 Å². The van der Waals surface area contributed by atoms with Crippen LogP contribution in [0.25, 0.3) is 11.3 Å². The maximum Gasteiger partial charge on any atom is 0.124 e. The fourth-order valence-electron chi connectivity index (χ4n) is 2.33. The summed E-state index contributed by atoms with van der Waals surface area (Å²) in [6.45, 7) is 4.80. The Kier molecular flexibility index (Phi) is 4.22. The lowest BCUT2D eigenvalue weighted by Gasteiger charge is -2.10. The van der Waals surface area contributed by atoms with E-state index in [2.05, 4.69) is 35.9 Å². The van der Waals surface area contributed by atoms with E-state index >= 15 is 0 Å². The highest BCUT2D eigenvalue weighted by Crippen LogP contribution is 2.29. The molecule has 0 bridgehead atoms. The molecule has 102 valence electrons. The predicted octanol–water partition coefficient (Wildman–Crippen LogP) is 2.59. The smallest absolute Gasteiger partial charge is 0.124 e. The summed E-state index contributed by atoms with van der Waals surface area (Å²) >= 11 is 0. The van der Waals surface area contributed by atoms with E-state index in [-0.39, 0.29) is 0 Å². The van der Waals surface area contributed by atoms with Crippen LogP contribution in [-0.4, -0.2) is 23.6 Å². The molecule has 1 aromatic heterocycles. The van der Waals surface area contributed by atoms with Crippen LogP contribution in [0.5, 0.6) is 5.75 Å². The summed E-state index contributed by atoms with van der Waals surface area (Å²) in [5, 5.41) is 0. The molecule has 2 rings (SSSR count). The predicted molar refractivity (Wildman–Crippen MR) is 77.4 cm³/mol. The molecule has 1 heterocycles. The average molecular weight is 259 g/mol. The highest BCUT2D eigenvalue weighted by molar-refractivity contribution is 5.63. The number of nitrogens with zero attached hydrogens (tertiary/aromatic N) is 1. The van der Waals surface area contributed by atoms with E-state index in [0.29, 0.717) is 6.54 Å². The molecular weight excluding hydrogens is 238 g/mol. The minimum atomic E-state index is 0.691. The molecule has 0 saturated heterocycles. The number of methoxy groups -OCH3 is 1. The average Bonchev–Trinajstić information content (AvgIpc) is 2.84. The number of imidazole rings is 1. The van der Waals surface area contributed by atoms with Gasteiger partial charge in [0.1, 0.15) is 11.6 Å². The topological polar surface area (TPSA) is 63.9 Å². The number of rotatable bonds is 5. The zero-order valence-electron chi connectivity index (χ0n) is 11.8. The van der Waals surface area contributed by atoms with Gasteiger partial charge in [0.15, 0.2) is 0 Å². The molecule has 2 aromatic rings. The second-order valence-corrected chi connectivity index (χ2v) is 4.78. The lowest BCUT2D eigenvalue weighted by atomic mass is 10.0. The summed E-state index contributed by atoms with van der Waals surface area (Å²) < 4.78 is 5.39. The van der Waals surface area contributed by atoms with Gasteiger partial charge in [-0.15, -0.1) is 0 Å². The van der Waals surface area contributed by atoms with Gasteiger partial charge in [0.05, 0.1) is 19.0 Å². The summed E-state index contributed by atoms with van der Waals surface area (Å²) in [5.41, 5.74) is 9.96. The molecule has 0 aliphatic heterocycles. The first-order valence-electron chi connectivity index (χ1n) is 6.55. The maximum atomic E-state index is 5.51. The van der Waals surface area contributed by atoms with Crippen LogP contribution in [0.2, 0.25) is 0 Å². The Hall–Kier alpha value is -1.81. The molecule has 0 unspecified atom stereocenters. The number of hydrogen-bond acceptors (Lipinski definition) is 3. The Morgan fingerprint density at radius 1 is 1.26 bits per heavy atom. The van der Waals surface area contributed by atoms with Gasteiger partial charge >= 0.3 is 0 Å². The third kappa shape index (κ3) is 2.96.